The van der Waals surface area contributed by atoms with E-state index in [0.29, 0.717) is 19.6 Å². The van der Waals surface area contributed by atoms with Gasteiger partial charge in [0.25, 0.3) is 0 Å². The molecule has 106 valence electrons. The number of nitrogens with two attached hydrogens (primary N) is 1. The lowest BCUT2D eigenvalue weighted by molar-refractivity contribution is -0.116. The maximum Gasteiger partial charge on any atom is 0.224 e. The molecule has 0 aromatic heterocycles. The predicted octanol–water partition coefficient (Wildman–Crippen LogP) is 2.71. The van der Waals surface area contributed by atoms with E-state index < -0.39 is 0 Å². The molecular formula is C15H24N2O2. The zero-order valence-electron chi connectivity index (χ0n) is 12.0. The average Bonchev–Trinajstić information content (AvgIpc) is 2.38. The number of aryl methyl sites for hydroxylation is 1. The standard InChI is InChI=1S/C15H24N2O2/c1-4-7-19-14-8-11(2)5-6-13(14)17-15(18)9-12(3)10-16/h5-6,8,12H,4,7,9-10,16H2,1-3H3,(H,17,18). The lowest BCUT2D eigenvalue weighted by atomic mass is 10.1. The Morgan fingerprint density at radius 2 is 2.21 bits per heavy atom. The van der Waals surface area contributed by atoms with Gasteiger partial charge in [0.1, 0.15) is 5.75 Å². The molecular weight excluding hydrogens is 240 g/mol. The van der Waals surface area contributed by atoms with E-state index in [1.54, 1.807) is 0 Å². The summed E-state index contributed by atoms with van der Waals surface area (Å²) in [6, 6.07) is 5.78. The van der Waals surface area contributed by atoms with E-state index >= 15 is 0 Å². The number of benzene rings is 1. The van der Waals surface area contributed by atoms with Gasteiger partial charge in [-0.2, -0.15) is 0 Å². The number of anilines is 1. The second-order valence-electron chi connectivity index (χ2n) is 4.94. The number of nitrogens with one attached hydrogen (secondary N) is 1. The Balaban J connectivity index is 2.73. The lowest BCUT2D eigenvalue weighted by Crippen LogP contribution is -2.20. The first kappa shape index (κ1) is 15.5. The van der Waals surface area contributed by atoms with Gasteiger partial charge in [0.05, 0.1) is 12.3 Å². The zero-order chi connectivity index (χ0) is 14.3. The Hall–Kier alpha value is -1.55. The fourth-order valence-corrected chi connectivity index (χ4v) is 1.67. The van der Waals surface area contributed by atoms with Crippen LogP contribution < -0.4 is 15.8 Å². The molecule has 0 heterocycles. The van der Waals surface area contributed by atoms with E-state index in [9.17, 15) is 4.79 Å². The summed E-state index contributed by atoms with van der Waals surface area (Å²) in [5.41, 5.74) is 7.36. The molecule has 3 N–H and O–H groups in total. The summed E-state index contributed by atoms with van der Waals surface area (Å²) in [5.74, 6) is 0.893. The van der Waals surface area contributed by atoms with Gasteiger partial charge in [0.15, 0.2) is 0 Å². The number of hydrogen-bond donors (Lipinski definition) is 2. The molecule has 0 saturated heterocycles. The molecule has 0 aliphatic rings. The fourth-order valence-electron chi connectivity index (χ4n) is 1.67. The molecule has 1 aromatic rings. The molecule has 0 bridgehead atoms. The van der Waals surface area contributed by atoms with E-state index in [0.717, 1.165) is 23.4 Å². The fraction of sp³-hybridized carbons (Fsp3) is 0.533. The van der Waals surface area contributed by atoms with Crippen molar-refractivity contribution in [2.24, 2.45) is 11.7 Å². The third-order valence-electron chi connectivity index (χ3n) is 2.81. The molecule has 1 atom stereocenters. The predicted molar refractivity (Wildman–Crippen MR) is 78.4 cm³/mol. The SMILES string of the molecule is CCCOc1cc(C)ccc1NC(=O)CC(C)CN. The number of carbonyl (C=O) groups excluding carboxylic acids is 1. The minimum Gasteiger partial charge on any atom is -0.491 e. The minimum atomic E-state index is -0.0249. The molecule has 4 nitrogen and oxygen atoms in total. The van der Waals surface area contributed by atoms with Crippen LogP contribution in [0.2, 0.25) is 0 Å². The summed E-state index contributed by atoms with van der Waals surface area (Å²) in [7, 11) is 0. The molecule has 0 fully saturated rings. The first-order chi connectivity index (χ1) is 9.06. The van der Waals surface area contributed by atoms with Gasteiger partial charge in [-0.15, -0.1) is 0 Å². The highest BCUT2D eigenvalue weighted by atomic mass is 16.5. The largest absolute Gasteiger partial charge is 0.491 e. The second kappa shape index (κ2) is 7.79. The highest BCUT2D eigenvalue weighted by Gasteiger charge is 2.11. The van der Waals surface area contributed by atoms with Gasteiger partial charge in [-0.25, -0.2) is 0 Å². The van der Waals surface area contributed by atoms with E-state index in [1.807, 2.05) is 32.0 Å². The molecule has 1 unspecified atom stereocenters. The van der Waals surface area contributed by atoms with Crippen molar-refractivity contribution in [2.75, 3.05) is 18.5 Å². The van der Waals surface area contributed by atoms with Gasteiger partial charge in [-0.05, 0) is 43.5 Å². The number of rotatable bonds is 7. The van der Waals surface area contributed by atoms with Crippen LogP contribution in [-0.2, 0) is 4.79 Å². The molecule has 0 saturated carbocycles. The van der Waals surface area contributed by atoms with Gasteiger partial charge in [0.2, 0.25) is 5.91 Å². The highest BCUT2D eigenvalue weighted by molar-refractivity contribution is 5.92. The second-order valence-corrected chi connectivity index (χ2v) is 4.94. The van der Waals surface area contributed by atoms with Crippen molar-refractivity contribution in [3.63, 3.8) is 0 Å². The number of hydrogen-bond acceptors (Lipinski definition) is 3. The maximum atomic E-state index is 11.9. The number of amides is 1. The summed E-state index contributed by atoms with van der Waals surface area (Å²) < 4.78 is 5.66. The van der Waals surface area contributed by atoms with E-state index in [-0.39, 0.29) is 11.8 Å². The summed E-state index contributed by atoms with van der Waals surface area (Å²) in [4.78, 5) is 11.9. The van der Waals surface area contributed by atoms with Crippen molar-refractivity contribution >= 4 is 11.6 Å². The van der Waals surface area contributed by atoms with Crippen LogP contribution in [0.15, 0.2) is 18.2 Å². The van der Waals surface area contributed by atoms with E-state index in [1.165, 1.54) is 0 Å². The minimum absolute atomic E-state index is 0.0249. The molecule has 19 heavy (non-hydrogen) atoms. The van der Waals surface area contributed by atoms with Crippen LogP contribution in [0.1, 0.15) is 32.3 Å². The molecule has 4 heteroatoms. The maximum absolute atomic E-state index is 11.9. The van der Waals surface area contributed by atoms with Crippen LogP contribution in [0.25, 0.3) is 0 Å². The topological polar surface area (TPSA) is 64.3 Å². The van der Waals surface area contributed by atoms with E-state index in [2.05, 4.69) is 12.2 Å². The summed E-state index contributed by atoms with van der Waals surface area (Å²) in [6.07, 6.45) is 1.36. The summed E-state index contributed by atoms with van der Waals surface area (Å²) in [6.45, 7) is 7.17. The van der Waals surface area contributed by atoms with Crippen molar-refractivity contribution in [1.82, 2.24) is 0 Å². The van der Waals surface area contributed by atoms with Gasteiger partial charge >= 0.3 is 0 Å². The van der Waals surface area contributed by atoms with Gasteiger partial charge < -0.3 is 15.8 Å². The average molecular weight is 264 g/mol. The Labute approximate surface area is 115 Å². The smallest absolute Gasteiger partial charge is 0.224 e. The first-order valence-electron chi connectivity index (χ1n) is 6.80. The molecule has 1 aromatic carbocycles. The third-order valence-corrected chi connectivity index (χ3v) is 2.81. The van der Waals surface area contributed by atoms with Crippen LogP contribution in [0.5, 0.6) is 5.75 Å². The summed E-state index contributed by atoms with van der Waals surface area (Å²) >= 11 is 0. The molecule has 1 rings (SSSR count). The quantitative estimate of drug-likeness (QED) is 0.796. The van der Waals surface area contributed by atoms with Crippen LogP contribution in [0, 0.1) is 12.8 Å². The normalized spacial score (nSPS) is 12.0. The van der Waals surface area contributed by atoms with Gasteiger partial charge in [-0.1, -0.05) is 19.9 Å². The molecule has 1 amide bonds. The molecule has 0 radical (unpaired) electrons. The summed E-state index contributed by atoms with van der Waals surface area (Å²) in [5, 5.41) is 2.89. The monoisotopic (exact) mass is 264 g/mol. The first-order valence-corrected chi connectivity index (χ1v) is 6.80. The van der Waals surface area contributed by atoms with E-state index in [4.69, 9.17) is 10.5 Å². The van der Waals surface area contributed by atoms with Crippen LogP contribution in [0.3, 0.4) is 0 Å². The Morgan fingerprint density at radius 3 is 2.84 bits per heavy atom. The van der Waals surface area contributed by atoms with Crippen LogP contribution in [-0.4, -0.2) is 19.1 Å². The zero-order valence-corrected chi connectivity index (χ0v) is 12.0. The van der Waals surface area contributed by atoms with Crippen molar-refractivity contribution in [3.05, 3.63) is 23.8 Å². The van der Waals surface area contributed by atoms with Crippen molar-refractivity contribution < 1.29 is 9.53 Å². The Morgan fingerprint density at radius 1 is 1.47 bits per heavy atom. The van der Waals surface area contributed by atoms with Crippen molar-refractivity contribution in [3.8, 4) is 5.75 Å². The van der Waals surface area contributed by atoms with Crippen molar-refractivity contribution in [2.45, 2.75) is 33.6 Å². The molecule has 0 aliphatic heterocycles. The van der Waals surface area contributed by atoms with Gasteiger partial charge in [0, 0.05) is 6.42 Å². The van der Waals surface area contributed by atoms with Crippen LogP contribution in [0.4, 0.5) is 5.69 Å². The Kier molecular flexibility index (Phi) is 6.36. The van der Waals surface area contributed by atoms with Crippen molar-refractivity contribution in [1.29, 1.82) is 0 Å². The van der Waals surface area contributed by atoms with Gasteiger partial charge in [-0.3, -0.25) is 4.79 Å². The number of carbonyl (C=O) groups is 1. The highest BCUT2D eigenvalue weighted by Crippen LogP contribution is 2.26. The molecule has 0 aliphatic carbocycles. The molecule has 0 spiro atoms. The Bertz CT molecular complexity index is 419. The third kappa shape index (κ3) is 5.30. The number of ether oxygens (including phenoxy) is 1. The lowest BCUT2D eigenvalue weighted by Gasteiger charge is -2.14. The van der Waals surface area contributed by atoms with Crippen LogP contribution >= 0.6 is 0 Å².